The topological polar surface area (TPSA) is 48.4 Å². The number of rotatable bonds is 3. The number of ketones is 1. The lowest BCUT2D eigenvalue weighted by Gasteiger charge is -2.32. The minimum atomic E-state index is -0.481. The van der Waals surface area contributed by atoms with Gasteiger partial charge >= 0.3 is 7.12 Å². The molecular formula is C15H22BNO3. The first-order valence-electron chi connectivity index (χ1n) is 6.93. The number of pyridine rings is 1. The zero-order valence-corrected chi connectivity index (χ0v) is 13.1. The molecule has 0 amide bonds. The summed E-state index contributed by atoms with van der Waals surface area (Å²) in [4.78, 5) is 15.8. The van der Waals surface area contributed by atoms with Gasteiger partial charge in [0, 0.05) is 12.1 Å². The Morgan fingerprint density at radius 2 is 1.75 bits per heavy atom. The molecule has 108 valence electrons. The lowest BCUT2D eigenvalue weighted by molar-refractivity contribution is -0.116. The molecule has 1 aromatic rings. The van der Waals surface area contributed by atoms with Crippen molar-refractivity contribution < 1.29 is 14.1 Å². The Hall–Kier alpha value is -1.20. The second-order valence-corrected chi connectivity index (χ2v) is 6.53. The van der Waals surface area contributed by atoms with Crippen LogP contribution in [0, 0.1) is 6.92 Å². The Morgan fingerprint density at radius 1 is 1.20 bits per heavy atom. The molecule has 0 saturated carbocycles. The van der Waals surface area contributed by atoms with E-state index in [0.29, 0.717) is 6.42 Å². The number of hydrogen-bond acceptors (Lipinski definition) is 4. The maximum absolute atomic E-state index is 11.3. The van der Waals surface area contributed by atoms with Crippen LogP contribution in [-0.4, -0.2) is 29.1 Å². The van der Waals surface area contributed by atoms with Gasteiger partial charge in [-0.05, 0) is 59.2 Å². The van der Waals surface area contributed by atoms with Crippen LogP contribution in [-0.2, 0) is 20.5 Å². The van der Waals surface area contributed by atoms with Crippen molar-refractivity contribution in [2.75, 3.05) is 0 Å². The molecule has 2 heterocycles. The van der Waals surface area contributed by atoms with Gasteiger partial charge in [0.05, 0.1) is 16.8 Å². The van der Waals surface area contributed by atoms with E-state index in [1.54, 1.807) is 6.92 Å². The summed E-state index contributed by atoms with van der Waals surface area (Å²) in [5, 5.41) is 0. The molecule has 1 saturated heterocycles. The zero-order chi connectivity index (χ0) is 15.1. The molecule has 0 spiro atoms. The number of carbonyl (C=O) groups excluding carboxylic acids is 1. The molecule has 0 atom stereocenters. The normalized spacial score (nSPS) is 20.2. The number of hydrogen-bond donors (Lipinski definition) is 0. The summed E-state index contributed by atoms with van der Waals surface area (Å²) in [5.74, 6) is 0.1000. The molecule has 5 heteroatoms. The van der Waals surface area contributed by atoms with Crippen LogP contribution in [0.25, 0.3) is 0 Å². The smallest absolute Gasteiger partial charge is 0.398 e. The fourth-order valence-corrected chi connectivity index (χ4v) is 2.20. The van der Waals surface area contributed by atoms with E-state index in [4.69, 9.17) is 9.31 Å². The van der Waals surface area contributed by atoms with E-state index in [2.05, 4.69) is 4.98 Å². The predicted octanol–water partition coefficient (Wildman–Crippen LogP) is 1.82. The van der Waals surface area contributed by atoms with E-state index in [9.17, 15) is 4.79 Å². The largest absolute Gasteiger partial charge is 0.514 e. The Bertz CT molecular complexity index is 524. The average Bonchev–Trinajstić information content (AvgIpc) is 2.46. The summed E-state index contributed by atoms with van der Waals surface area (Å²) >= 11 is 0. The monoisotopic (exact) mass is 275 g/mol. The average molecular weight is 275 g/mol. The van der Waals surface area contributed by atoms with Gasteiger partial charge in [0.15, 0.2) is 0 Å². The SMILES string of the molecule is CC(=O)Cc1cc(C)cc(B2OC(C)(C)C(C)(C)O2)n1. The van der Waals surface area contributed by atoms with Crippen LogP contribution in [0.4, 0.5) is 0 Å². The first-order valence-corrected chi connectivity index (χ1v) is 6.93. The molecule has 0 aliphatic carbocycles. The van der Waals surface area contributed by atoms with Crippen molar-refractivity contribution in [3.8, 4) is 0 Å². The second kappa shape index (κ2) is 4.97. The summed E-state index contributed by atoms with van der Waals surface area (Å²) in [6, 6.07) is 3.88. The van der Waals surface area contributed by atoms with Crippen molar-refractivity contribution in [2.24, 2.45) is 0 Å². The Kier molecular flexibility index (Phi) is 3.78. The molecule has 20 heavy (non-hydrogen) atoms. The fourth-order valence-electron chi connectivity index (χ4n) is 2.20. The van der Waals surface area contributed by atoms with E-state index >= 15 is 0 Å². The standard InChI is InChI=1S/C15H22BNO3/c1-10-7-12(9-11(2)18)17-13(8-10)16-19-14(3,4)15(5,6)20-16/h7-8H,9H2,1-6H3. The van der Waals surface area contributed by atoms with Gasteiger partial charge in [0.25, 0.3) is 0 Å². The van der Waals surface area contributed by atoms with Crippen LogP contribution >= 0.6 is 0 Å². The molecule has 0 unspecified atom stereocenters. The lowest BCUT2D eigenvalue weighted by atomic mass is 9.83. The van der Waals surface area contributed by atoms with E-state index in [0.717, 1.165) is 16.9 Å². The third-order valence-electron chi connectivity index (χ3n) is 3.97. The predicted molar refractivity (Wildman–Crippen MR) is 79.1 cm³/mol. The van der Waals surface area contributed by atoms with Gasteiger partial charge in [-0.3, -0.25) is 9.78 Å². The van der Waals surface area contributed by atoms with Crippen LogP contribution < -0.4 is 5.59 Å². The van der Waals surface area contributed by atoms with Crippen molar-refractivity contribution >= 4 is 18.5 Å². The highest BCUT2D eigenvalue weighted by atomic mass is 16.7. The van der Waals surface area contributed by atoms with Crippen molar-refractivity contribution in [2.45, 2.75) is 59.2 Å². The summed E-state index contributed by atoms with van der Waals surface area (Å²) in [6.07, 6.45) is 0.341. The first kappa shape index (κ1) is 15.2. The third kappa shape index (κ3) is 2.94. The zero-order valence-electron chi connectivity index (χ0n) is 13.1. The number of aromatic nitrogens is 1. The maximum Gasteiger partial charge on any atom is 0.514 e. The molecular weight excluding hydrogens is 253 g/mol. The van der Waals surface area contributed by atoms with Gasteiger partial charge in [0.1, 0.15) is 5.78 Å². The van der Waals surface area contributed by atoms with Gasteiger partial charge in [-0.1, -0.05) is 0 Å². The van der Waals surface area contributed by atoms with E-state index < -0.39 is 7.12 Å². The summed E-state index contributed by atoms with van der Waals surface area (Å²) < 4.78 is 12.0. The molecule has 0 aromatic carbocycles. The number of aryl methyl sites for hydroxylation is 1. The third-order valence-corrected chi connectivity index (χ3v) is 3.97. The van der Waals surface area contributed by atoms with Crippen LogP contribution in [0.1, 0.15) is 45.9 Å². The first-order chi connectivity index (χ1) is 9.10. The highest BCUT2D eigenvalue weighted by Crippen LogP contribution is 2.36. The number of Topliss-reactive ketones (excluding diaryl/α,β-unsaturated/α-hetero) is 1. The summed E-state index contributed by atoms with van der Waals surface area (Å²) in [6.45, 7) is 11.6. The highest BCUT2D eigenvalue weighted by Gasteiger charge is 2.52. The summed E-state index contributed by atoms with van der Waals surface area (Å²) in [5.41, 5.74) is 1.79. The fraction of sp³-hybridized carbons (Fsp3) is 0.600. The van der Waals surface area contributed by atoms with Crippen LogP contribution in [0.15, 0.2) is 12.1 Å². The molecule has 1 aliphatic rings. The Labute approximate surface area is 121 Å². The molecule has 1 fully saturated rings. The van der Waals surface area contributed by atoms with Crippen molar-refractivity contribution in [3.05, 3.63) is 23.4 Å². The lowest BCUT2D eigenvalue weighted by Crippen LogP contribution is -2.41. The van der Waals surface area contributed by atoms with Gasteiger partial charge in [-0.25, -0.2) is 0 Å². The van der Waals surface area contributed by atoms with Gasteiger partial charge < -0.3 is 9.31 Å². The molecule has 1 aliphatic heterocycles. The number of nitrogens with zero attached hydrogens (tertiary/aromatic N) is 1. The van der Waals surface area contributed by atoms with E-state index in [-0.39, 0.29) is 17.0 Å². The molecule has 0 N–H and O–H groups in total. The quantitative estimate of drug-likeness (QED) is 0.789. The van der Waals surface area contributed by atoms with Gasteiger partial charge in [0.2, 0.25) is 0 Å². The van der Waals surface area contributed by atoms with Crippen molar-refractivity contribution in [1.82, 2.24) is 4.98 Å². The molecule has 0 bridgehead atoms. The van der Waals surface area contributed by atoms with Crippen LogP contribution in [0.3, 0.4) is 0 Å². The van der Waals surface area contributed by atoms with Crippen LogP contribution in [0.5, 0.6) is 0 Å². The number of carbonyl (C=O) groups is 1. The van der Waals surface area contributed by atoms with Crippen molar-refractivity contribution in [3.63, 3.8) is 0 Å². The van der Waals surface area contributed by atoms with E-state index in [1.807, 2.05) is 46.8 Å². The summed E-state index contributed by atoms with van der Waals surface area (Å²) in [7, 11) is -0.481. The van der Waals surface area contributed by atoms with Crippen molar-refractivity contribution in [1.29, 1.82) is 0 Å². The minimum Gasteiger partial charge on any atom is -0.398 e. The molecule has 1 aromatic heterocycles. The Morgan fingerprint density at radius 3 is 2.25 bits per heavy atom. The molecule has 2 rings (SSSR count). The second-order valence-electron chi connectivity index (χ2n) is 6.53. The minimum absolute atomic E-state index is 0.1000. The Balaban J connectivity index is 2.30. The van der Waals surface area contributed by atoms with Gasteiger partial charge in [-0.15, -0.1) is 0 Å². The van der Waals surface area contributed by atoms with Crippen LogP contribution in [0.2, 0.25) is 0 Å². The molecule has 4 nitrogen and oxygen atoms in total. The highest BCUT2D eigenvalue weighted by molar-refractivity contribution is 6.61. The molecule has 0 radical (unpaired) electrons. The van der Waals surface area contributed by atoms with E-state index in [1.165, 1.54) is 0 Å². The maximum atomic E-state index is 11.3. The van der Waals surface area contributed by atoms with Gasteiger partial charge in [-0.2, -0.15) is 0 Å².